The fourth-order valence-electron chi connectivity index (χ4n) is 9.68. The molecule has 3 heterocycles. The molecule has 3 aliphatic heterocycles. The number of aliphatic hydroxyl groups excluding tert-OH is 2. The highest BCUT2D eigenvalue weighted by Gasteiger charge is 2.55. The molecule has 4 N–H and O–H groups in total. The summed E-state index contributed by atoms with van der Waals surface area (Å²) in [5, 5.41) is 40.5. The average Bonchev–Trinajstić information content (AvgIpc) is 3.29. The van der Waals surface area contributed by atoms with Crippen LogP contribution in [0.2, 0.25) is 0 Å². The molecule has 362 valence electrons. The van der Waals surface area contributed by atoms with Gasteiger partial charge in [0.1, 0.15) is 17.9 Å². The van der Waals surface area contributed by atoms with Crippen LogP contribution in [0.5, 0.6) is 5.75 Å². The van der Waals surface area contributed by atoms with Crippen molar-refractivity contribution < 1.29 is 53.8 Å². The molecule has 11 unspecified atom stereocenters. The van der Waals surface area contributed by atoms with Crippen molar-refractivity contribution in [2.75, 3.05) is 27.9 Å². The lowest BCUT2D eigenvalue weighted by atomic mass is 9.83. The van der Waals surface area contributed by atoms with E-state index in [-0.39, 0.29) is 30.4 Å². The number of cyclic esters (lactones) is 1. The minimum absolute atomic E-state index is 0.0220. The molecule has 13 heteroatoms. The number of Topliss-reactive ketones (excluding diaryl/α,β-unsaturated/α-hetero) is 1. The van der Waals surface area contributed by atoms with E-state index in [1.54, 1.807) is 39.4 Å². The molecule has 1 aromatic rings. The standard InChI is InChI=1S/C47H71NO10S.C3H6.CH4O/c1-29-12-8-9-14-38(50)33(5)43(31(3)25-35-18-22-42(41(27-35)56-7)59-28-34-16-19-36(49)20-17-34)57-46(53)37-13-10-11-23-48(37)45(52)44(51)47(54)32(4)26-40(55-6)39(58-47)21-15-30(2)24-29;1-3-2;1-2/h12,16-17,19-20,25,30,32-33,35,37-43,49-50,54H,8-11,13-15,18,21-24,26-28H2,1-7H3;3H,1H2,2H3;2H,1H3/b29-12+,31-25+;;/t30?,32?,33-,35?,37?,38?,39?,40?,41?,42?,43?,47?;;/m1../s1. The van der Waals surface area contributed by atoms with Gasteiger partial charge in [0.2, 0.25) is 5.79 Å². The van der Waals surface area contributed by atoms with Gasteiger partial charge in [-0.2, -0.15) is 11.8 Å². The maximum Gasteiger partial charge on any atom is 0.329 e. The normalized spacial score (nSPS) is 34.8. The lowest BCUT2D eigenvalue weighted by molar-refractivity contribution is -0.287. The number of piperidine rings is 1. The van der Waals surface area contributed by atoms with Crippen molar-refractivity contribution in [1.29, 1.82) is 0 Å². The van der Waals surface area contributed by atoms with E-state index >= 15 is 0 Å². The summed E-state index contributed by atoms with van der Waals surface area (Å²) in [5.41, 5.74) is 3.24. The number of carbonyl (C=O) groups is 3. The van der Waals surface area contributed by atoms with Crippen LogP contribution in [0.1, 0.15) is 131 Å². The molecule has 12 nitrogen and oxygen atoms in total. The van der Waals surface area contributed by atoms with Gasteiger partial charge in [-0.25, -0.2) is 4.79 Å². The van der Waals surface area contributed by atoms with E-state index in [1.165, 1.54) is 10.5 Å². The molecule has 2 bridgehead atoms. The zero-order chi connectivity index (χ0) is 47.6. The van der Waals surface area contributed by atoms with E-state index in [9.17, 15) is 29.7 Å². The first-order valence-corrected chi connectivity index (χ1v) is 24.6. The molecule has 0 spiro atoms. The first-order valence-electron chi connectivity index (χ1n) is 23.5. The number of allylic oxidation sites excluding steroid dienone is 4. The highest BCUT2D eigenvalue weighted by molar-refractivity contribution is 7.99. The Morgan fingerprint density at radius 1 is 0.953 bits per heavy atom. The number of carbonyl (C=O) groups excluding carboxylic acids is 3. The number of esters is 1. The zero-order valence-electron chi connectivity index (χ0n) is 40.2. The number of benzene rings is 1. The minimum atomic E-state index is -2.36. The molecule has 1 aromatic carbocycles. The van der Waals surface area contributed by atoms with Gasteiger partial charge in [0.05, 0.1) is 24.4 Å². The van der Waals surface area contributed by atoms with Gasteiger partial charge in [0.15, 0.2) is 0 Å². The fourth-order valence-corrected chi connectivity index (χ4v) is 11.0. The molecule has 1 amide bonds. The van der Waals surface area contributed by atoms with Gasteiger partial charge >= 0.3 is 5.97 Å². The predicted molar refractivity (Wildman–Crippen MR) is 254 cm³/mol. The van der Waals surface area contributed by atoms with Crippen LogP contribution in [0.25, 0.3) is 0 Å². The van der Waals surface area contributed by atoms with Crippen molar-refractivity contribution in [2.24, 2.45) is 23.7 Å². The molecule has 12 atom stereocenters. The quantitative estimate of drug-likeness (QED) is 0.117. The SMILES string of the molecule is C=CC.CO.COC1CC(C)C2(O)OC1CCC(C)C/C(C)=C/CCCC(O)[C@@H](C)C(/C(C)=C/C1CCC(SCc3ccc(O)cc3)C(OC)C1)OC(=O)C1CCCCN1C(=O)C2=O. The number of hydrogen-bond donors (Lipinski definition) is 4. The van der Waals surface area contributed by atoms with Gasteiger partial charge < -0.3 is 44.3 Å². The Hall–Kier alpha value is -3.04. The third kappa shape index (κ3) is 15.5. The van der Waals surface area contributed by atoms with E-state index in [0.717, 1.165) is 68.9 Å². The van der Waals surface area contributed by atoms with E-state index in [2.05, 4.69) is 32.6 Å². The van der Waals surface area contributed by atoms with Gasteiger partial charge in [0.25, 0.3) is 11.7 Å². The lowest BCUT2D eigenvalue weighted by Gasteiger charge is -2.45. The van der Waals surface area contributed by atoms with Crippen molar-refractivity contribution in [3.63, 3.8) is 0 Å². The van der Waals surface area contributed by atoms with Crippen LogP contribution >= 0.6 is 11.8 Å². The van der Waals surface area contributed by atoms with Crippen molar-refractivity contribution in [3.8, 4) is 5.75 Å². The summed E-state index contributed by atoms with van der Waals surface area (Å²) in [4.78, 5) is 43.9. The second-order valence-electron chi connectivity index (χ2n) is 18.4. The Balaban J connectivity index is 0.00000209. The maximum atomic E-state index is 14.3. The molecule has 0 aromatic heterocycles. The molecule has 3 fully saturated rings. The summed E-state index contributed by atoms with van der Waals surface area (Å²) in [5.74, 6) is -4.60. The smallest absolute Gasteiger partial charge is 0.329 e. The Morgan fingerprint density at radius 2 is 1.62 bits per heavy atom. The molecule has 4 aliphatic rings. The summed E-state index contributed by atoms with van der Waals surface area (Å²) in [6.07, 6.45) is 12.7. The summed E-state index contributed by atoms with van der Waals surface area (Å²) in [6.45, 7) is 15.3. The Kier molecular flexibility index (Phi) is 23.8. The predicted octanol–water partition coefficient (Wildman–Crippen LogP) is 8.48. The second kappa shape index (κ2) is 27.6. The fraction of sp³-hybridized carbons (Fsp3) is 0.706. The van der Waals surface area contributed by atoms with Crippen LogP contribution in [-0.2, 0) is 39.1 Å². The van der Waals surface area contributed by atoms with E-state index in [4.69, 9.17) is 24.1 Å². The van der Waals surface area contributed by atoms with Crippen LogP contribution < -0.4 is 0 Å². The Bertz CT molecular complexity index is 1670. The van der Waals surface area contributed by atoms with E-state index in [0.29, 0.717) is 49.7 Å². The Labute approximate surface area is 388 Å². The summed E-state index contributed by atoms with van der Waals surface area (Å²) in [6, 6.07) is 6.28. The molecular formula is C51H81NO11S. The number of nitrogens with zero attached hydrogens (tertiary/aromatic N) is 1. The third-order valence-electron chi connectivity index (χ3n) is 13.4. The first-order chi connectivity index (χ1) is 30.6. The van der Waals surface area contributed by atoms with E-state index < -0.39 is 59.6 Å². The number of amides is 1. The Morgan fingerprint density at radius 3 is 2.28 bits per heavy atom. The van der Waals surface area contributed by atoms with Gasteiger partial charge in [-0.1, -0.05) is 56.7 Å². The average molecular weight is 916 g/mol. The molecule has 2 saturated heterocycles. The van der Waals surface area contributed by atoms with Gasteiger partial charge in [-0.3, -0.25) is 9.59 Å². The zero-order valence-corrected chi connectivity index (χ0v) is 41.0. The van der Waals surface area contributed by atoms with Crippen LogP contribution in [0.3, 0.4) is 0 Å². The van der Waals surface area contributed by atoms with Gasteiger partial charge in [-0.15, -0.1) is 6.58 Å². The van der Waals surface area contributed by atoms with Crippen molar-refractivity contribution in [2.45, 2.75) is 178 Å². The molecular weight excluding hydrogens is 835 g/mol. The lowest BCUT2D eigenvalue weighted by Crippen LogP contribution is -2.62. The van der Waals surface area contributed by atoms with Crippen LogP contribution in [0, 0.1) is 23.7 Å². The van der Waals surface area contributed by atoms with Crippen LogP contribution in [-0.4, -0.2) is 118 Å². The number of phenols is 1. The largest absolute Gasteiger partial charge is 0.508 e. The maximum absolute atomic E-state index is 14.3. The van der Waals surface area contributed by atoms with Gasteiger partial charge in [-0.05, 0) is 139 Å². The number of aromatic hydroxyl groups is 1. The number of phenolic OH excluding ortho intramolecular Hbond substituents is 1. The number of thioether (sulfide) groups is 1. The topological polar surface area (TPSA) is 172 Å². The second-order valence-corrected chi connectivity index (χ2v) is 19.7. The third-order valence-corrected chi connectivity index (χ3v) is 14.9. The van der Waals surface area contributed by atoms with Crippen molar-refractivity contribution >= 4 is 29.4 Å². The van der Waals surface area contributed by atoms with Gasteiger partial charge in [0, 0.05) is 50.7 Å². The summed E-state index contributed by atoms with van der Waals surface area (Å²) < 4.78 is 24.4. The number of ether oxygens (including phenoxy) is 4. The van der Waals surface area contributed by atoms with E-state index in [1.807, 2.05) is 44.7 Å². The number of methoxy groups -OCH3 is 2. The van der Waals surface area contributed by atoms with Crippen molar-refractivity contribution in [3.05, 3.63) is 65.8 Å². The number of ketones is 1. The molecule has 5 rings (SSSR count). The van der Waals surface area contributed by atoms with Crippen molar-refractivity contribution in [1.82, 2.24) is 4.90 Å². The number of aliphatic hydroxyl groups is 3. The first kappa shape index (κ1) is 55.3. The number of fused-ring (bicyclic) bond motifs is 3. The minimum Gasteiger partial charge on any atom is -0.508 e. The monoisotopic (exact) mass is 916 g/mol. The molecule has 1 saturated carbocycles. The number of hydrogen-bond acceptors (Lipinski definition) is 12. The molecule has 64 heavy (non-hydrogen) atoms. The number of rotatable bonds is 7. The van der Waals surface area contributed by atoms with Crippen LogP contribution in [0.15, 0.2) is 60.2 Å². The molecule has 0 radical (unpaired) electrons. The summed E-state index contributed by atoms with van der Waals surface area (Å²) >= 11 is 1.86. The molecule has 1 aliphatic carbocycles. The summed E-state index contributed by atoms with van der Waals surface area (Å²) in [7, 11) is 4.35. The highest BCUT2D eigenvalue weighted by Crippen LogP contribution is 2.40. The highest BCUT2D eigenvalue weighted by atomic mass is 32.2. The van der Waals surface area contributed by atoms with Crippen LogP contribution in [0.4, 0.5) is 0 Å².